The van der Waals surface area contributed by atoms with E-state index in [2.05, 4.69) is 20.2 Å². The first-order valence-corrected chi connectivity index (χ1v) is 15.0. The second-order valence-corrected chi connectivity index (χ2v) is 12.5. The molecule has 2 aromatic carbocycles. The molecular formula is C30H30N6O2S2. The zero-order valence-electron chi connectivity index (χ0n) is 22.6. The summed E-state index contributed by atoms with van der Waals surface area (Å²) in [6.07, 6.45) is 2.39. The quantitative estimate of drug-likeness (QED) is 0.243. The summed E-state index contributed by atoms with van der Waals surface area (Å²) in [4.78, 5) is 25.3. The minimum absolute atomic E-state index is 0.0224. The average Bonchev–Trinajstić information content (AvgIpc) is 3.75. The van der Waals surface area contributed by atoms with E-state index >= 15 is 0 Å². The van der Waals surface area contributed by atoms with E-state index < -0.39 is 5.54 Å². The zero-order valence-corrected chi connectivity index (χ0v) is 24.3. The molecular weight excluding hydrogens is 541 g/mol. The molecule has 40 heavy (non-hydrogen) atoms. The molecule has 1 fully saturated rings. The maximum Gasteiger partial charge on any atom is 0.254 e. The molecule has 6 rings (SSSR count). The van der Waals surface area contributed by atoms with Gasteiger partial charge in [0.2, 0.25) is 11.8 Å². The van der Waals surface area contributed by atoms with E-state index in [-0.39, 0.29) is 11.9 Å². The maximum atomic E-state index is 14.0. The van der Waals surface area contributed by atoms with Gasteiger partial charge >= 0.3 is 0 Å². The molecule has 2 atom stereocenters. The van der Waals surface area contributed by atoms with Crippen LogP contribution in [0.15, 0.2) is 63.7 Å². The van der Waals surface area contributed by atoms with Gasteiger partial charge in [0.15, 0.2) is 0 Å². The van der Waals surface area contributed by atoms with Crippen LogP contribution in [-0.4, -0.2) is 37.5 Å². The summed E-state index contributed by atoms with van der Waals surface area (Å²) in [5, 5.41) is 14.6. The number of amides is 1. The molecule has 10 heteroatoms. The molecule has 2 N–H and O–H groups in total. The number of nitrogens with zero attached hydrogens (tertiary/aromatic N) is 5. The number of likely N-dealkylation sites (tertiary alicyclic amines) is 1. The number of aromatic nitrogens is 4. The van der Waals surface area contributed by atoms with Gasteiger partial charge in [-0.15, -0.1) is 32.9 Å². The third-order valence-electron chi connectivity index (χ3n) is 7.10. The van der Waals surface area contributed by atoms with Gasteiger partial charge in [-0.05, 0) is 63.8 Å². The van der Waals surface area contributed by atoms with Crippen molar-refractivity contribution in [1.29, 1.82) is 0 Å². The topological polar surface area (TPSA) is 111 Å². The number of nitrogens with two attached hydrogens (primary N) is 1. The number of hydrogen-bond acceptors (Lipinski definition) is 9. The Labute approximate surface area is 240 Å². The Morgan fingerprint density at radius 3 is 2.60 bits per heavy atom. The van der Waals surface area contributed by atoms with Crippen molar-refractivity contribution in [2.75, 3.05) is 6.54 Å². The van der Waals surface area contributed by atoms with Crippen LogP contribution in [0.2, 0.25) is 0 Å². The minimum Gasteiger partial charge on any atom is -0.419 e. The smallest absolute Gasteiger partial charge is 0.254 e. The minimum atomic E-state index is -0.858. The predicted molar refractivity (Wildman–Crippen MR) is 157 cm³/mol. The van der Waals surface area contributed by atoms with Crippen LogP contribution in [0.4, 0.5) is 0 Å². The number of benzene rings is 2. The van der Waals surface area contributed by atoms with Crippen LogP contribution in [0.3, 0.4) is 0 Å². The fraction of sp³-hybridized carbons (Fsp3) is 0.300. The van der Waals surface area contributed by atoms with E-state index in [0.717, 1.165) is 45.4 Å². The predicted octanol–water partition coefficient (Wildman–Crippen LogP) is 6.33. The van der Waals surface area contributed by atoms with Crippen molar-refractivity contribution in [2.45, 2.75) is 51.6 Å². The number of thiazole rings is 2. The second kappa shape index (κ2) is 10.7. The van der Waals surface area contributed by atoms with E-state index in [1.165, 1.54) is 0 Å². The Morgan fingerprint density at radius 1 is 1.07 bits per heavy atom. The van der Waals surface area contributed by atoms with Crippen LogP contribution in [-0.2, 0) is 12.0 Å². The van der Waals surface area contributed by atoms with Gasteiger partial charge in [0, 0.05) is 39.7 Å². The number of hydrogen-bond donors (Lipinski definition) is 1. The Morgan fingerprint density at radius 2 is 1.88 bits per heavy atom. The molecule has 0 bridgehead atoms. The summed E-state index contributed by atoms with van der Waals surface area (Å²) in [7, 11) is 0. The van der Waals surface area contributed by atoms with Crippen molar-refractivity contribution in [3.05, 3.63) is 92.0 Å². The maximum absolute atomic E-state index is 14.0. The van der Waals surface area contributed by atoms with Crippen molar-refractivity contribution in [2.24, 2.45) is 5.73 Å². The summed E-state index contributed by atoms with van der Waals surface area (Å²) >= 11 is 3.18. The molecule has 1 amide bonds. The summed E-state index contributed by atoms with van der Waals surface area (Å²) in [6.45, 7) is 6.52. The number of aryl methyl sites for hydroxylation is 2. The number of carbonyl (C=O) groups is 1. The largest absolute Gasteiger partial charge is 0.419 e. The van der Waals surface area contributed by atoms with E-state index in [1.54, 1.807) is 22.7 Å². The van der Waals surface area contributed by atoms with Gasteiger partial charge < -0.3 is 15.1 Å². The highest BCUT2D eigenvalue weighted by Gasteiger charge is 2.33. The monoisotopic (exact) mass is 570 g/mol. The molecule has 0 saturated carbocycles. The summed E-state index contributed by atoms with van der Waals surface area (Å²) < 4.78 is 6.16. The average molecular weight is 571 g/mol. The van der Waals surface area contributed by atoms with Crippen molar-refractivity contribution in [1.82, 2.24) is 25.1 Å². The Hall–Kier alpha value is -3.73. The highest BCUT2D eigenvalue weighted by molar-refractivity contribution is 7.10. The van der Waals surface area contributed by atoms with Crippen molar-refractivity contribution in [3.8, 4) is 22.7 Å². The van der Waals surface area contributed by atoms with Gasteiger partial charge in [-0.1, -0.05) is 30.3 Å². The fourth-order valence-electron chi connectivity index (χ4n) is 5.14. The molecule has 3 aromatic heterocycles. The molecule has 5 aromatic rings. The first-order valence-electron chi connectivity index (χ1n) is 13.2. The van der Waals surface area contributed by atoms with Crippen molar-refractivity contribution < 1.29 is 9.21 Å². The zero-order chi connectivity index (χ0) is 27.9. The molecule has 0 aliphatic carbocycles. The molecule has 1 aliphatic heterocycles. The van der Waals surface area contributed by atoms with Gasteiger partial charge in [-0.25, -0.2) is 9.97 Å². The highest BCUT2D eigenvalue weighted by Crippen LogP contribution is 2.36. The van der Waals surface area contributed by atoms with E-state index in [1.807, 2.05) is 85.0 Å². The molecule has 4 heterocycles. The summed E-state index contributed by atoms with van der Waals surface area (Å²) in [5.41, 5.74) is 10.7. The summed E-state index contributed by atoms with van der Waals surface area (Å²) in [6, 6.07) is 15.6. The Balaban J connectivity index is 1.36. The van der Waals surface area contributed by atoms with Crippen LogP contribution in [0.1, 0.15) is 63.3 Å². The van der Waals surface area contributed by atoms with Crippen LogP contribution in [0, 0.1) is 13.8 Å². The first kappa shape index (κ1) is 26.5. The lowest BCUT2D eigenvalue weighted by Gasteiger charge is -2.23. The SMILES string of the molecule is Cc1csc(C2CCCN2C(=O)c2cc(-c3csc(C)n3)cc(-c3nnc(C(C)(N)Cc4ccccc4)o3)c2)n1. The fourth-order valence-corrected chi connectivity index (χ4v) is 6.71. The Kier molecular flexibility index (Phi) is 7.07. The van der Waals surface area contributed by atoms with E-state index in [4.69, 9.17) is 10.2 Å². The lowest BCUT2D eigenvalue weighted by molar-refractivity contribution is 0.0735. The van der Waals surface area contributed by atoms with Crippen molar-refractivity contribution in [3.63, 3.8) is 0 Å². The molecule has 0 radical (unpaired) electrons. The van der Waals surface area contributed by atoms with E-state index in [9.17, 15) is 4.79 Å². The van der Waals surface area contributed by atoms with E-state index in [0.29, 0.717) is 35.9 Å². The van der Waals surface area contributed by atoms with Gasteiger partial charge in [-0.3, -0.25) is 4.79 Å². The molecule has 8 nitrogen and oxygen atoms in total. The second-order valence-electron chi connectivity index (χ2n) is 10.5. The van der Waals surface area contributed by atoms with Crippen LogP contribution in [0.25, 0.3) is 22.7 Å². The van der Waals surface area contributed by atoms with Gasteiger partial charge in [-0.2, -0.15) is 0 Å². The third kappa shape index (κ3) is 5.34. The van der Waals surface area contributed by atoms with Crippen LogP contribution in [0.5, 0.6) is 0 Å². The standard InChI is InChI=1S/C30H30N6O2S2/c1-18-16-40-27(32-18)25-10-7-11-36(25)28(37)23-13-21(24-17-39-19(2)33-24)12-22(14-23)26-34-35-29(38-26)30(3,31)15-20-8-5-4-6-9-20/h4-6,8-9,12-14,16-17,25H,7,10-11,15,31H2,1-3H3. The molecule has 0 spiro atoms. The lowest BCUT2D eigenvalue weighted by Crippen LogP contribution is -2.35. The number of rotatable bonds is 7. The number of carbonyl (C=O) groups excluding carboxylic acids is 1. The van der Waals surface area contributed by atoms with Crippen molar-refractivity contribution >= 4 is 28.6 Å². The van der Waals surface area contributed by atoms with Gasteiger partial charge in [0.1, 0.15) is 5.01 Å². The first-order chi connectivity index (χ1) is 19.3. The lowest BCUT2D eigenvalue weighted by atomic mass is 9.94. The van der Waals surface area contributed by atoms with Crippen LogP contribution < -0.4 is 5.73 Å². The third-order valence-corrected chi connectivity index (χ3v) is 8.94. The molecule has 1 saturated heterocycles. The van der Waals surface area contributed by atoms with Gasteiger partial charge in [0.25, 0.3) is 5.91 Å². The summed E-state index contributed by atoms with van der Waals surface area (Å²) in [5.74, 6) is 0.613. The van der Waals surface area contributed by atoms with Crippen LogP contribution >= 0.6 is 22.7 Å². The van der Waals surface area contributed by atoms with Gasteiger partial charge in [0.05, 0.1) is 22.3 Å². The highest BCUT2D eigenvalue weighted by atomic mass is 32.1. The molecule has 2 unspecified atom stereocenters. The molecule has 204 valence electrons. The Bertz CT molecular complexity index is 1660. The molecule has 1 aliphatic rings. The normalized spacial score (nSPS) is 16.8.